The number of carboxylic acids is 1. The third kappa shape index (κ3) is 2.58. The van der Waals surface area contributed by atoms with Gasteiger partial charge in [0.2, 0.25) is 0 Å². The highest BCUT2D eigenvalue weighted by Gasteiger charge is 2.21. The van der Waals surface area contributed by atoms with E-state index < -0.39 is 5.97 Å². The van der Waals surface area contributed by atoms with Gasteiger partial charge in [0.1, 0.15) is 5.75 Å². The molecule has 0 amide bonds. The number of ether oxygens (including phenoxy) is 1. The minimum Gasteiger partial charge on any atom is -0.497 e. The Hall–Kier alpha value is -1.55. The summed E-state index contributed by atoms with van der Waals surface area (Å²) in [5.41, 5.74) is 1.20. The van der Waals surface area contributed by atoms with E-state index in [4.69, 9.17) is 4.74 Å². The molecule has 0 aliphatic carbocycles. The van der Waals surface area contributed by atoms with Crippen LogP contribution in [0.2, 0.25) is 0 Å². The number of methoxy groups -OCH3 is 1. The largest absolute Gasteiger partial charge is 0.497 e. The molecule has 0 radical (unpaired) electrons. The van der Waals surface area contributed by atoms with Crippen molar-refractivity contribution in [1.29, 1.82) is 0 Å². The Morgan fingerprint density at radius 1 is 1.47 bits per heavy atom. The molecule has 1 fully saturated rings. The van der Waals surface area contributed by atoms with Gasteiger partial charge in [-0.3, -0.25) is 0 Å². The SMILES string of the molecule is COc1ccc(C2CCCCN2)c(C(=O)O)c1. The molecule has 1 unspecified atom stereocenters. The molecular formula is C13H17NO3. The van der Waals surface area contributed by atoms with Crippen molar-refractivity contribution < 1.29 is 14.6 Å². The first-order valence-electron chi connectivity index (χ1n) is 5.87. The summed E-state index contributed by atoms with van der Waals surface area (Å²) in [7, 11) is 1.54. The fourth-order valence-corrected chi connectivity index (χ4v) is 2.27. The lowest BCUT2D eigenvalue weighted by Gasteiger charge is -2.25. The Labute approximate surface area is 101 Å². The molecule has 17 heavy (non-hydrogen) atoms. The first-order valence-corrected chi connectivity index (χ1v) is 5.87. The molecule has 1 saturated heterocycles. The molecule has 4 heteroatoms. The number of hydrogen-bond donors (Lipinski definition) is 2. The maximum absolute atomic E-state index is 11.2. The van der Waals surface area contributed by atoms with Gasteiger partial charge >= 0.3 is 5.97 Å². The van der Waals surface area contributed by atoms with Gasteiger partial charge in [0, 0.05) is 6.04 Å². The molecule has 0 saturated carbocycles. The van der Waals surface area contributed by atoms with E-state index in [1.54, 1.807) is 13.2 Å². The van der Waals surface area contributed by atoms with Crippen LogP contribution in [0.5, 0.6) is 5.75 Å². The average molecular weight is 235 g/mol. The molecule has 1 aliphatic rings. The van der Waals surface area contributed by atoms with E-state index in [0.717, 1.165) is 31.4 Å². The average Bonchev–Trinajstić information content (AvgIpc) is 2.39. The summed E-state index contributed by atoms with van der Waals surface area (Å²) in [5.74, 6) is -0.312. The summed E-state index contributed by atoms with van der Waals surface area (Å²) in [4.78, 5) is 11.2. The highest BCUT2D eigenvalue weighted by molar-refractivity contribution is 5.90. The third-order valence-corrected chi connectivity index (χ3v) is 3.18. The van der Waals surface area contributed by atoms with Crippen molar-refractivity contribution >= 4 is 5.97 Å². The molecular weight excluding hydrogens is 218 g/mol. The molecule has 4 nitrogen and oxygen atoms in total. The van der Waals surface area contributed by atoms with Crippen LogP contribution in [0.1, 0.15) is 41.2 Å². The standard InChI is InChI=1S/C13H17NO3/c1-17-9-5-6-10(11(8-9)13(15)16)12-4-2-3-7-14-12/h5-6,8,12,14H,2-4,7H2,1H3,(H,15,16). The van der Waals surface area contributed by atoms with Crippen LogP contribution in [0.3, 0.4) is 0 Å². The maximum Gasteiger partial charge on any atom is 0.336 e. The monoisotopic (exact) mass is 235 g/mol. The van der Waals surface area contributed by atoms with Crippen molar-refractivity contribution in [3.63, 3.8) is 0 Å². The highest BCUT2D eigenvalue weighted by atomic mass is 16.5. The van der Waals surface area contributed by atoms with Crippen molar-refractivity contribution in [2.45, 2.75) is 25.3 Å². The van der Waals surface area contributed by atoms with E-state index in [1.165, 1.54) is 0 Å². The number of aromatic carboxylic acids is 1. The lowest BCUT2D eigenvalue weighted by molar-refractivity contribution is 0.0694. The zero-order valence-corrected chi connectivity index (χ0v) is 9.90. The minimum atomic E-state index is -0.897. The quantitative estimate of drug-likeness (QED) is 0.843. The minimum absolute atomic E-state index is 0.153. The van der Waals surface area contributed by atoms with Crippen molar-refractivity contribution in [3.8, 4) is 5.75 Å². The van der Waals surface area contributed by atoms with Crippen molar-refractivity contribution in [2.24, 2.45) is 0 Å². The van der Waals surface area contributed by atoms with Gasteiger partial charge in [-0.1, -0.05) is 12.5 Å². The second kappa shape index (κ2) is 5.19. The first-order chi connectivity index (χ1) is 8.22. The fourth-order valence-electron chi connectivity index (χ4n) is 2.27. The summed E-state index contributed by atoms with van der Waals surface area (Å²) in [6.45, 7) is 0.954. The molecule has 0 bridgehead atoms. The fraction of sp³-hybridized carbons (Fsp3) is 0.462. The molecule has 1 heterocycles. The Bertz CT molecular complexity index is 411. The van der Waals surface area contributed by atoms with Crippen LogP contribution in [0.15, 0.2) is 18.2 Å². The van der Waals surface area contributed by atoms with Gasteiger partial charge in [0.05, 0.1) is 12.7 Å². The Balaban J connectivity index is 2.34. The number of piperidine rings is 1. The predicted molar refractivity (Wildman–Crippen MR) is 64.5 cm³/mol. The molecule has 2 N–H and O–H groups in total. The Morgan fingerprint density at radius 3 is 2.88 bits per heavy atom. The normalized spacial score (nSPS) is 19.9. The maximum atomic E-state index is 11.2. The molecule has 2 rings (SSSR count). The van der Waals surface area contributed by atoms with Crippen LogP contribution in [0.25, 0.3) is 0 Å². The Kier molecular flexibility index (Phi) is 3.64. The molecule has 1 aromatic carbocycles. The lowest BCUT2D eigenvalue weighted by Crippen LogP contribution is -2.28. The number of nitrogens with one attached hydrogen (secondary N) is 1. The van der Waals surface area contributed by atoms with Gasteiger partial charge in [-0.05, 0) is 37.1 Å². The molecule has 1 aromatic rings. The predicted octanol–water partition coefficient (Wildman–Crippen LogP) is 2.21. The summed E-state index contributed by atoms with van der Waals surface area (Å²) in [6, 6.07) is 5.41. The zero-order valence-electron chi connectivity index (χ0n) is 9.90. The van der Waals surface area contributed by atoms with E-state index in [9.17, 15) is 9.90 Å². The van der Waals surface area contributed by atoms with E-state index in [0.29, 0.717) is 11.3 Å². The van der Waals surface area contributed by atoms with Gasteiger partial charge in [-0.15, -0.1) is 0 Å². The van der Waals surface area contributed by atoms with Crippen LogP contribution >= 0.6 is 0 Å². The number of benzene rings is 1. The van der Waals surface area contributed by atoms with Crippen molar-refractivity contribution in [3.05, 3.63) is 29.3 Å². The first kappa shape index (κ1) is 11.9. The van der Waals surface area contributed by atoms with Crippen molar-refractivity contribution in [2.75, 3.05) is 13.7 Å². The molecule has 92 valence electrons. The second-order valence-electron chi connectivity index (χ2n) is 4.26. The van der Waals surface area contributed by atoms with Gasteiger partial charge < -0.3 is 15.2 Å². The topological polar surface area (TPSA) is 58.6 Å². The number of rotatable bonds is 3. The van der Waals surface area contributed by atoms with Gasteiger partial charge in [-0.25, -0.2) is 4.79 Å². The molecule has 1 atom stereocenters. The van der Waals surface area contributed by atoms with Gasteiger partial charge in [0.15, 0.2) is 0 Å². The van der Waals surface area contributed by atoms with Crippen LogP contribution in [0.4, 0.5) is 0 Å². The van der Waals surface area contributed by atoms with Crippen LogP contribution < -0.4 is 10.1 Å². The number of hydrogen-bond acceptors (Lipinski definition) is 3. The summed E-state index contributed by atoms with van der Waals surface area (Å²) in [6.07, 6.45) is 3.30. The van der Waals surface area contributed by atoms with E-state index in [2.05, 4.69) is 5.32 Å². The summed E-state index contributed by atoms with van der Waals surface area (Å²) in [5, 5.41) is 12.6. The summed E-state index contributed by atoms with van der Waals surface area (Å²) < 4.78 is 5.06. The number of carbonyl (C=O) groups is 1. The zero-order chi connectivity index (χ0) is 12.3. The van der Waals surface area contributed by atoms with Gasteiger partial charge in [-0.2, -0.15) is 0 Å². The number of carboxylic acid groups (broad SMARTS) is 1. The lowest BCUT2D eigenvalue weighted by atomic mass is 9.93. The molecule has 0 aromatic heterocycles. The smallest absolute Gasteiger partial charge is 0.336 e. The van der Waals surface area contributed by atoms with E-state index in [-0.39, 0.29) is 6.04 Å². The van der Waals surface area contributed by atoms with Crippen LogP contribution in [-0.4, -0.2) is 24.7 Å². The molecule has 0 spiro atoms. The van der Waals surface area contributed by atoms with E-state index >= 15 is 0 Å². The van der Waals surface area contributed by atoms with Gasteiger partial charge in [0.25, 0.3) is 0 Å². The second-order valence-corrected chi connectivity index (χ2v) is 4.26. The van der Waals surface area contributed by atoms with Crippen LogP contribution in [-0.2, 0) is 0 Å². The Morgan fingerprint density at radius 2 is 2.29 bits per heavy atom. The van der Waals surface area contributed by atoms with Crippen molar-refractivity contribution in [1.82, 2.24) is 5.32 Å². The summed E-state index contributed by atoms with van der Waals surface area (Å²) >= 11 is 0. The third-order valence-electron chi connectivity index (χ3n) is 3.18. The van der Waals surface area contributed by atoms with E-state index in [1.807, 2.05) is 12.1 Å². The van der Waals surface area contributed by atoms with Crippen LogP contribution in [0, 0.1) is 0 Å². The molecule has 1 aliphatic heterocycles. The highest BCUT2D eigenvalue weighted by Crippen LogP contribution is 2.28.